The number of carbonyl (C=O) groups is 2. The van der Waals surface area contributed by atoms with E-state index in [4.69, 9.17) is 4.74 Å². The van der Waals surface area contributed by atoms with Gasteiger partial charge in [-0.3, -0.25) is 4.79 Å². The van der Waals surface area contributed by atoms with E-state index < -0.39 is 18.3 Å². The largest absolute Gasteiger partial charge is 0.449 e. The molecule has 7 heteroatoms. The van der Waals surface area contributed by atoms with Crippen LogP contribution in [0.15, 0.2) is 48.5 Å². The van der Waals surface area contributed by atoms with Crippen molar-refractivity contribution in [3.8, 4) is 11.1 Å². The van der Waals surface area contributed by atoms with Crippen LogP contribution >= 0.6 is 0 Å². The molecule has 7 nitrogen and oxygen atoms in total. The summed E-state index contributed by atoms with van der Waals surface area (Å²) in [5.74, 6) is -0.331. The molecule has 2 atom stereocenters. The van der Waals surface area contributed by atoms with Gasteiger partial charge in [0.2, 0.25) is 5.91 Å². The van der Waals surface area contributed by atoms with Crippen LogP contribution in [0.5, 0.6) is 0 Å². The van der Waals surface area contributed by atoms with Gasteiger partial charge in [0.25, 0.3) is 0 Å². The molecule has 2 amide bonds. The smallest absolute Gasteiger partial charge is 0.407 e. The molecule has 0 heterocycles. The van der Waals surface area contributed by atoms with Gasteiger partial charge >= 0.3 is 6.09 Å². The van der Waals surface area contributed by atoms with Gasteiger partial charge in [0.05, 0.1) is 12.2 Å². The van der Waals surface area contributed by atoms with E-state index in [0.717, 1.165) is 25.7 Å². The molecule has 2 aromatic carbocycles. The van der Waals surface area contributed by atoms with Crippen LogP contribution in [0.1, 0.15) is 55.6 Å². The number of aliphatic hydroxyl groups excluding tert-OH is 2. The summed E-state index contributed by atoms with van der Waals surface area (Å²) in [5, 5.41) is 24.8. The predicted octanol–water partition coefficient (Wildman–Crippen LogP) is 3.33. The van der Waals surface area contributed by atoms with Gasteiger partial charge in [0.15, 0.2) is 0 Å². The zero-order valence-corrected chi connectivity index (χ0v) is 19.4. The van der Waals surface area contributed by atoms with E-state index in [9.17, 15) is 19.8 Å². The van der Waals surface area contributed by atoms with E-state index in [1.54, 1.807) is 0 Å². The number of ether oxygens (including phenoxy) is 1. The number of rotatable bonds is 10. The Labute approximate surface area is 200 Å². The van der Waals surface area contributed by atoms with Gasteiger partial charge < -0.3 is 25.6 Å². The Morgan fingerprint density at radius 3 is 1.91 bits per heavy atom. The van der Waals surface area contributed by atoms with E-state index in [1.165, 1.54) is 22.3 Å². The van der Waals surface area contributed by atoms with E-state index in [2.05, 4.69) is 34.9 Å². The second-order valence-corrected chi connectivity index (χ2v) is 9.26. The van der Waals surface area contributed by atoms with Gasteiger partial charge in [0, 0.05) is 24.9 Å². The number of unbranched alkanes of at least 4 members (excludes halogenated alkanes) is 3. The molecule has 0 radical (unpaired) electrons. The van der Waals surface area contributed by atoms with Crippen LogP contribution in [0.2, 0.25) is 0 Å². The summed E-state index contributed by atoms with van der Waals surface area (Å²) in [6, 6.07) is 16.5. The Hall–Kier alpha value is -2.90. The van der Waals surface area contributed by atoms with Crippen LogP contribution in [-0.2, 0) is 9.53 Å². The monoisotopic (exact) mass is 466 g/mol. The third kappa shape index (κ3) is 5.77. The maximum atomic E-state index is 12.2. The van der Waals surface area contributed by atoms with Crippen LogP contribution in [0, 0.1) is 5.92 Å². The first-order chi connectivity index (χ1) is 16.5. The third-order valence-corrected chi connectivity index (χ3v) is 6.88. The van der Waals surface area contributed by atoms with Crippen molar-refractivity contribution in [1.29, 1.82) is 0 Å². The number of amides is 2. The van der Waals surface area contributed by atoms with E-state index in [0.29, 0.717) is 32.5 Å². The van der Waals surface area contributed by atoms with Gasteiger partial charge in [0.1, 0.15) is 6.61 Å². The summed E-state index contributed by atoms with van der Waals surface area (Å²) >= 11 is 0. The van der Waals surface area contributed by atoms with Crippen molar-refractivity contribution in [2.45, 2.75) is 56.7 Å². The molecule has 1 fully saturated rings. The number of nitrogens with one attached hydrogen (secondary N) is 2. The highest BCUT2D eigenvalue weighted by Crippen LogP contribution is 2.44. The maximum absolute atomic E-state index is 12.2. The lowest BCUT2D eigenvalue weighted by Gasteiger charge is -2.14. The first-order valence-electron chi connectivity index (χ1n) is 12.3. The Morgan fingerprint density at radius 1 is 0.794 bits per heavy atom. The predicted molar refractivity (Wildman–Crippen MR) is 129 cm³/mol. The summed E-state index contributed by atoms with van der Waals surface area (Å²) < 4.78 is 5.54. The van der Waals surface area contributed by atoms with Crippen molar-refractivity contribution in [2.24, 2.45) is 5.92 Å². The average molecular weight is 467 g/mol. The molecule has 34 heavy (non-hydrogen) atoms. The van der Waals surface area contributed by atoms with Crippen LogP contribution in [0.25, 0.3) is 11.1 Å². The highest BCUT2D eigenvalue weighted by molar-refractivity contribution is 5.79. The minimum Gasteiger partial charge on any atom is -0.449 e. The molecule has 0 aromatic heterocycles. The Kier molecular flexibility index (Phi) is 8.19. The summed E-state index contributed by atoms with van der Waals surface area (Å²) in [6.45, 7) is 1.46. The molecular weight excluding hydrogens is 432 g/mol. The third-order valence-electron chi connectivity index (χ3n) is 6.88. The molecule has 0 aliphatic heterocycles. The quantitative estimate of drug-likeness (QED) is 0.402. The summed E-state index contributed by atoms with van der Waals surface area (Å²) in [5.41, 5.74) is 4.82. The fourth-order valence-corrected chi connectivity index (χ4v) is 5.01. The lowest BCUT2D eigenvalue weighted by Crippen LogP contribution is -2.30. The van der Waals surface area contributed by atoms with Gasteiger partial charge in [-0.15, -0.1) is 0 Å². The molecule has 0 saturated heterocycles. The lowest BCUT2D eigenvalue weighted by molar-refractivity contribution is -0.125. The normalized spacial score (nSPS) is 21.1. The van der Waals surface area contributed by atoms with E-state index in [1.807, 2.05) is 24.3 Å². The van der Waals surface area contributed by atoms with Crippen molar-refractivity contribution in [3.63, 3.8) is 0 Å². The highest BCUT2D eigenvalue weighted by atomic mass is 16.5. The summed E-state index contributed by atoms with van der Waals surface area (Å²) in [4.78, 5) is 24.2. The standard InChI is InChI=1S/C27H34N2O5/c30-24-15-18(16-25(24)31)26(32)28-13-7-1-2-8-14-29-27(33)34-17-23-21-11-5-3-9-19(21)20-10-4-6-12-22(20)23/h3-6,9-12,18,23-25,30-31H,1-2,7-8,13-17H2,(H,28,32)(H,29,33). The zero-order valence-electron chi connectivity index (χ0n) is 19.4. The lowest BCUT2D eigenvalue weighted by atomic mass is 9.98. The molecular formula is C27H34N2O5. The molecule has 2 aliphatic rings. The van der Waals surface area contributed by atoms with Crippen LogP contribution in [0.4, 0.5) is 4.79 Å². The number of benzene rings is 2. The Bertz CT molecular complexity index is 939. The van der Waals surface area contributed by atoms with Crippen LogP contribution in [0.3, 0.4) is 0 Å². The fraction of sp³-hybridized carbons (Fsp3) is 0.481. The number of alkyl carbamates (subject to hydrolysis) is 1. The van der Waals surface area contributed by atoms with Gasteiger partial charge in [-0.2, -0.15) is 0 Å². The molecule has 0 bridgehead atoms. The molecule has 4 rings (SSSR count). The number of hydrogen-bond donors (Lipinski definition) is 4. The molecule has 0 spiro atoms. The van der Waals surface area contributed by atoms with Gasteiger partial charge in [-0.05, 0) is 47.9 Å². The van der Waals surface area contributed by atoms with Crippen LogP contribution in [-0.4, -0.2) is 54.1 Å². The summed E-state index contributed by atoms with van der Waals surface area (Å²) in [7, 11) is 0. The van der Waals surface area contributed by atoms with E-state index in [-0.39, 0.29) is 17.7 Å². The van der Waals surface area contributed by atoms with Crippen LogP contribution < -0.4 is 10.6 Å². The minimum atomic E-state index is -0.792. The second kappa shape index (κ2) is 11.5. The molecule has 2 aromatic rings. The zero-order chi connectivity index (χ0) is 23.9. The van der Waals surface area contributed by atoms with Crippen molar-refractivity contribution in [3.05, 3.63) is 59.7 Å². The molecule has 2 unspecified atom stereocenters. The van der Waals surface area contributed by atoms with Crippen molar-refractivity contribution in [2.75, 3.05) is 19.7 Å². The average Bonchev–Trinajstić information content (AvgIpc) is 3.36. The topological polar surface area (TPSA) is 108 Å². The van der Waals surface area contributed by atoms with E-state index >= 15 is 0 Å². The molecule has 2 aliphatic carbocycles. The number of fused-ring (bicyclic) bond motifs is 3. The number of carbonyl (C=O) groups excluding carboxylic acids is 2. The molecule has 182 valence electrons. The SMILES string of the molecule is O=C(NCCCCCCNC(=O)C1CC(O)C(O)C1)OCC1c2ccccc2-c2ccccc21. The highest BCUT2D eigenvalue weighted by Gasteiger charge is 2.35. The fourth-order valence-electron chi connectivity index (χ4n) is 5.01. The first-order valence-corrected chi connectivity index (χ1v) is 12.3. The first kappa shape index (κ1) is 24.2. The van der Waals surface area contributed by atoms with Crippen molar-refractivity contribution >= 4 is 12.0 Å². The van der Waals surface area contributed by atoms with Gasteiger partial charge in [-0.25, -0.2) is 4.79 Å². The maximum Gasteiger partial charge on any atom is 0.407 e. The van der Waals surface area contributed by atoms with Gasteiger partial charge in [-0.1, -0.05) is 61.4 Å². The molecule has 4 N–H and O–H groups in total. The second-order valence-electron chi connectivity index (χ2n) is 9.26. The number of hydrogen-bond acceptors (Lipinski definition) is 5. The molecule has 1 saturated carbocycles. The number of aliphatic hydroxyl groups is 2. The van der Waals surface area contributed by atoms with Crippen molar-refractivity contribution < 1.29 is 24.5 Å². The van der Waals surface area contributed by atoms with Crippen molar-refractivity contribution in [1.82, 2.24) is 10.6 Å². The summed E-state index contributed by atoms with van der Waals surface area (Å²) in [6.07, 6.45) is 2.27. The Balaban J connectivity index is 1.08. The Morgan fingerprint density at radius 2 is 1.32 bits per heavy atom. The minimum absolute atomic E-state index is 0.0594.